The second kappa shape index (κ2) is 9.86. The van der Waals surface area contributed by atoms with Crippen molar-refractivity contribution in [2.45, 2.75) is 20.0 Å². The largest absolute Gasteiger partial charge is 0.489 e. The summed E-state index contributed by atoms with van der Waals surface area (Å²) in [6.45, 7) is 2.90. The van der Waals surface area contributed by atoms with E-state index in [0.717, 1.165) is 18.2 Å². The number of rotatable bonds is 8. The molecule has 0 saturated heterocycles. The topological polar surface area (TPSA) is 40.0 Å². The fourth-order valence-corrected chi connectivity index (χ4v) is 1.96. The molecule has 0 bridgehead atoms. The zero-order valence-corrected chi connectivity index (χ0v) is 15.6. The highest BCUT2D eigenvalue weighted by Gasteiger charge is 2.36. The molecule has 0 aliphatic rings. The van der Waals surface area contributed by atoms with Gasteiger partial charge in [-0.05, 0) is 41.9 Å². The van der Waals surface area contributed by atoms with E-state index in [1.165, 1.54) is 0 Å². The molecular formula is C15H15BrClF4NO3. The van der Waals surface area contributed by atoms with Gasteiger partial charge in [-0.3, -0.25) is 0 Å². The van der Waals surface area contributed by atoms with Crippen molar-refractivity contribution in [3.05, 3.63) is 33.5 Å². The van der Waals surface area contributed by atoms with Crippen molar-refractivity contribution in [3.8, 4) is 11.5 Å². The summed E-state index contributed by atoms with van der Waals surface area (Å²) in [7, 11) is 0. The number of nitrogens with zero attached hydrogens (tertiary/aromatic N) is 1. The van der Waals surface area contributed by atoms with E-state index >= 15 is 0 Å². The van der Waals surface area contributed by atoms with Crippen LogP contribution in [0.25, 0.3) is 0 Å². The lowest BCUT2D eigenvalue weighted by atomic mass is 10.2. The van der Waals surface area contributed by atoms with Crippen LogP contribution in [0.2, 0.25) is 5.02 Å². The Morgan fingerprint density at radius 3 is 2.48 bits per heavy atom. The lowest BCUT2D eigenvalue weighted by Gasteiger charge is -2.17. The minimum atomic E-state index is -4.71. The summed E-state index contributed by atoms with van der Waals surface area (Å²) in [4.78, 5) is 4.85. The second-order valence-electron chi connectivity index (χ2n) is 4.80. The van der Waals surface area contributed by atoms with E-state index < -0.39 is 22.2 Å². The molecule has 25 heavy (non-hydrogen) atoms. The molecule has 0 radical (unpaired) electrons. The molecule has 0 aliphatic heterocycles. The lowest BCUT2D eigenvalue weighted by molar-refractivity contribution is -0.139. The lowest BCUT2D eigenvalue weighted by Crippen LogP contribution is -2.12. The van der Waals surface area contributed by atoms with Gasteiger partial charge in [0.25, 0.3) is 0 Å². The molecule has 0 unspecified atom stereocenters. The van der Waals surface area contributed by atoms with Crippen molar-refractivity contribution in [1.29, 1.82) is 0 Å². The molecule has 1 aromatic rings. The maximum absolute atomic E-state index is 13.2. The Balaban J connectivity index is 2.92. The molecule has 10 heteroatoms. The van der Waals surface area contributed by atoms with Crippen LogP contribution in [0.15, 0.2) is 28.1 Å². The van der Waals surface area contributed by atoms with Gasteiger partial charge in [-0.25, -0.2) is 0 Å². The molecule has 0 heterocycles. The van der Waals surface area contributed by atoms with Crippen LogP contribution < -0.4 is 9.47 Å². The van der Waals surface area contributed by atoms with Crippen molar-refractivity contribution in [3.63, 3.8) is 0 Å². The summed E-state index contributed by atoms with van der Waals surface area (Å²) >= 11 is 8.41. The third-order valence-electron chi connectivity index (χ3n) is 2.48. The SMILES string of the molecule is CC(C)=NOCCOc1c(Cl)cc(OC/C=C(\F)Br)cc1C(F)(F)F. The summed E-state index contributed by atoms with van der Waals surface area (Å²) in [5.74, 6) is -0.707. The van der Waals surface area contributed by atoms with Crippen LogP contribution in [0.4, 0.5) is 17.6 Å². The maximum Gasteiger partial charge on any atom is 0.420 e. The van der Waals surface area contributed by atoms with E-state index in [-0.39, 0.29) is 30.6 Å². The predicted octanol–water partition coefficient (Wildman–Crippen LogP) is 5.73. The molecule has 4 nitrogen and oxygen atoms in total. The van der Waals surface area contributed by atoms with Crippen LogP contribution in [0, 0.1) is 0 Å². The van der Waals surface area contributed by atoms with Gasteiger partial charge in [-0.1, -0.05) is 16.8 Å². The first kappa shape index (κ1) is 21.6. The molecule has 0 aliphatic carbocycles. The molecule has 0 saturated carbocycles. The number of halogens is 6. The van der Waals surface area contributed by atoms with E-state index in [0.29, 0.717) is 5.71 Å². The molecule has 0 aromatic heterocycles. The molecule has 1 rings (SSSR count). The van der Waals surface area contributed by atoms with Crippen LogP contribution in [-0.4, -0.2) is 25.5 Å². The Morgan fingerprint density at radius 1 is 1.24 bits per heavy atom. The Bertz CT molecular complexity index is 642. The highest BCUT2D eigenvalue weighted by atomic mass is 79.9. The first-order valence-corrected chi connectivity index (χ1v) is 8.09. The van der Waals surface area contributed by atoms with Crippen LogP contribution >= 0.6 is 27.5 Å². The van der Waals surface area contributed by atoms with Gasteiger partial charge in [-0.15, -0.1) is 0 Å². The number of hydrogen-bond acceptors (Lipinski definition) is 4. The number of alkyl halides is 3. The van der Waals surface area contributed by atoms with Crippen molar-refractivity contribution < 1.29 is 31.9 Å². The maximum atomic E-state index is 13.2. The average molecular weight is 449 g/mol. The van der Waals surface area contributed by atoms with Gasteiger partial charge in [0.1, 0.15) is 24.5 Å². The van der Waals surface area contributed by atoms with Crippen molar-refractivity contribution in [2.75, 3.05) is 19.8 Å². The van der Waals surface area contributed by atoms with Gasteiger partial charge in [0.15, 0.2) is 17.1 Å². The standard InChI is InChI=1S/C15H15BrClF4NO3/c1-9(2)22-25-6-5-24-14-11(15(19,20)21)7-10(8-12(14)17)23-4-3-13(16)18/h3,7-8H,4-6H2,1-2H3/b13-3-. The molecule has 0 N–H and O–H groups in total. The van der Waals surface area contributed by atoms with E-state index in [1.54, 1.807) is 13.8 Å². The first-order chi connectivity index (χ1) is 11.6. The zero-order valence-electron chi connectivity index (χ0n) is 13.3. The predicted molar refractivity (Wildman–Crippen MR) is 90.3 cm³/mol. The Hall–Kier alpha value is -1.48. The number of benzene rings is 1. The summed E-state index contributed by atoms with van der Waals surface area (Å²) in [6.07, 6.45) is -3.72. The third kappa shape index (κ3) is 7.96. The van der Waals surface area contributed by atoms with Crippen LogP contribution in [0.1, 0.15) is 19.4 Å². The van der Waals surface area contributed by atoms with Crippen molar-refractivity contribution in [2.24, 2.45) is 5.16 Å². The summed E-state index contributed by atoms with van der Waals surface area (Å²) in [5, 5.41) is 3.34. The molecule has 0 atom stereocenters. The Morgan fingerprint density at radius 2 is 1.92 bits per heavy atom. The highest BCUT2D eigenvalue weighted by Crippen LogP contribution is 2.43. The summed E-state index contributed by atoms with van der Waals surface area (Å²) in [6, 6.07) is 1.89. The molecule has 0 fully saturated rings. The minimum absolute atomic E-state index is 0.0492. The molecular weight excluding hydrogens is 434 g/mol. The summed E-state index contributed by atoms with van der Waals surface area (Å²) in [5.41, 5.74) is -0.446. The molecule has 0 amide bonds. The smallest absolute Gasteiger partial charge is 0.420 e. The van der Waals surface area contributed by atoms with Crippen molar-refractivity contribution >= 4 is 33.2 Å². The fourth-order valence-electron chi connectivity index (χ4n) is 1.57. The van der Waals surface area contributed by atoms with Gasteiger partial charge >= 0.3 is 6.18 Å². The normalized spacial score (nSPS) is 11.9. The molecule has 0 spiro atoms. The average Bonchev–Trinajstić information content (AvgIpc) is 2.46. The van der Waals surface area contributed by atoms with Crippen molar-refractivity contribution in [1.82, 2.24) is 0 Å². The van der Waals surface area contributed by atoms with Crippen LogP contribution in [0.5, 0.6) is 11.5 Å². The number of ether oxygens (including phenoxy) is 2. The van der Waals surface area contributed by atoms with Crippen LogP contribution in [0.3, 0.4) is 0 Å². The van der Waals surface area contributed by atoms with E-state index in [1.807, 2.05) is 0 Å². The van der Waals surface area contributed by atoms with Gasteiger partial charge in [-0.2, -0.15) is 17.6 Å². The van der Waals surface area contributed by atoms with E-state index in [4.69, 9.17) is 25.9 Å². The monoisotopic (exact) mass is 447 g/mol. The van der Waals surface area contributed by atoms with E-state index in [9.17, 15) is 17.6 Å². The fraction of sp³-hybridized carbons (Fsp3) is 0.400. The number of hydrogen-bond donors (Lipinski definition) is 0. The van der Waals surface area contributed by atoms with Gasteiger partial charge in [0.05, 0.1) is 10.7 Å². The quantitative estimate of drug-likeness (QED) is 0.221. The minimum Gasteiger partial charge on any atom is -0.489 e. The summed E-state index contributed by atoms with van der Waals surface area (Å²) < 4.78 is 61.6. The molecule has 140 valence electrons. The first-order valence-electron chi connectivity index (χ1n) is 6.92. The van der Waals surface area contributed by atoms with Crippen LogP contribution in [-0.2, 0) is 11.0 Å². The second-order valence-corrected chi connectivity index (χ2v) is 5.97. The zero-order chi connectivity index (χ0) is 19.0. The van der Waals surface area contributed by atoms with E-state index in [2.05, 4.69) is 21.1 Å². The van der Waals surface area contributed by atoms with Gasteiger partial charge < -0.3 is 14.3 Å². The Kier molecular flexibility index (Phi) is 8.51. The molecule has 1 aromatic carbocycles. The third-order valence-corrected chi connectivity index (χ3v) is 3.08. The highest BCUT2D eigenvalue weighted by molar-refractivity contribution is 9.11. The van der Waals surface area contributed by atoms with Gasteiger partial charge in [0, 0.05) is 6.07 Å². The number of oxime groups is 1. The van der Waals surface area contributed by atoms with Gasteiger partial charge in [0.2, 0.25) is 0 Å². The Labute approximate surface area is 155 Å².